The number of allylic oxidation sites excluding steroid dienone is 1. The first kappa shape index (κ1) is 11.5. The second-order valence-corrected chi connectivity index (χ2v) is 3.43. The zero-order chi connectivity index (χ0) is 9.61. The highest BCUT2D eigenvalue weighted by molar-refractivity contribution is 6.25. The summed E-state index contributed by atoms with van der Waals surface area (Å²) in [7, 11) is 0. The second-order valence-electron chi connectivity index (χ2n) is 3.18. The van der Waals surface area contributed by atoms with E-state index < -0.39 is 11.4 Å². The van der Waals surface area contributed by atoms with Gasteiger partial charge >= 0.3 is 5.97 Å². The summed E-state index contributed by atoms with van der Waals surface area (Å²) in [6.45, 7) is 3.72. The third kappa shape index (κ3) is 3.26. The number of carboxylic acids is 1. The lowest BCUT2D eigenvalue weighted by molar-refractivity contribution is -0.148. The first-order valence-corrected chi connectivity index (χ1v) is 4.49. The van der Waals surface area contributed by atoms with Gasteiger partial charge in [0, 0.05) is 5.54 Å². The number of hydrogen-bond acceptors (Lipinski definition) is 1. The molecule has 0 amide bonds. The Morgan fingerprint density at radius 2 is 2.25 bits per heavy atom. The van der Waals surface area contributed by atoms with Gasteiger partial charge in [0.2, 0.25) is 0 Å². The number of carboxylic acid groups (broad SMARTS) is 1. The summed E-state index contributed by atoms with van der Waals surface area (Å²) in [5, 5.41) is 8.91. The van der Waals surface area contributed by atoms with Gasteiger partial charge in [-0.1, -0.05) is 31.0 Å². The minimum atomic E-state index is -0.751. The largest absolute Gasteiger partial charge is 0.481 e. The molecule has 3 heteroatoms. The van der Waals surface area contributed by atoms with E-state index in [1.165, 1.54) is 5.54 Å². The van der Waals surface area contributed by atoms with Gasteiger partial charge in [0.05, 0.1) is 5.41 Å². The van der Waals surface area contributed by atoms with Crippen LogP contribution in [0.1, 0.15) is 33.1 Å². The molecule has 1 N–H and O–H groups in total. The molecule has 70 valence electrons. The molecule has 0 aromatic heterocycles. The molecule has 1 unspecified atom stereocenters. The van der Waals surface area contributed by atoms with E-state index in [-0.39, 0.29) is 0 Å². The standard InChI is InChI=1S/C9H15ClO2/c1-3-5-9(2,8(11)12)6-4-7-10/h4,7H,3,5-6H2,1-2H3,(H,11,12)/b7-4+. The van der Waals surface area contributed by atoms with Crippen molar-refractivity contribution in [1.82, 2.24) is 0 Å². The molecule has 1 atom stereocenters. The summed E-state index contributed by atoms with van der Waals surface area (Å²) in [4.78, 5) is 10.8. The topological polar surface area (TPSA) is 37.3 Å². The molecule has 0 radical (unpaired) electrons. The lowest BCUT2D eigenvalue weighted by Crippen LogP contribution is -2.26. The Morgan fingerprint density at radius 3 is 2.58 bits per heavy atom. The fourth-order valence-corrected chi connectivity index (χ4v) is 1.24. The minimum absolute atomic E-state index is 0.500. The lowest BCUT2D eigenvalue weighted by atomic mass is 9.82. The van der Waals surface area contributed by atoms with Gasteiger partial charge in [-0.2, -0.15) is 0 Å². The van der Waals surface area contributed by atoms with Crippen molar-refractivity contribution < 1.29 is 9.90 Å². The molecule has 0 aliphatic heterocycles. The van der Waals surface area contributed by atoms with Crippen molar-refractivity contribution >= 4 is 17.6 Å². The van der Waals surface area contributed by atoms with Crippen LogP contribution in [0.25, 0.3) is 0 Å². The van der Waals surface area contributed by atoms with Gasteiger partial charge in [0.25, 0.3) is 0 Å². The van der Waals surface area contributed by atoms with E-state index in [1.807, 2.05) is 6.92 Å². The highest BCUT2D eigenvalue weighted by Crippen LogP contribution is 2.28. The third-order valence-electron chi connectivity index (χ3n) is 1.98. The molecular formula is C9H15ClO2. The summed E-state index contributed by atoms with van der Waals surface area (Å²) in [5.41, 5.74) is 0.719. The van der Waals surface area contributed by atoms with Gasteiger partial charge in [0.15, 0.2) is 0 Å². The highest BCUT2D eigenvalue weighted by atomic mass is 35.5. The molecule has 0 heterocycles. The van der Waals surface area contributed by atoms with E-state index >= 15 is 0 Å². The van der Waals surface area contributed by atoms with Crippen LogP contribution in [0.2, 0.25) is 0 Å². The predicted octanol–water partition coefficient (Wildman–Crippen LogP) is 3.02. The average molecular weight is 191 g/mol. The average Bonchev–Trinajstić information content (AvgIpc) is 2.01. The number of halogens is 1. The molecule has 12 heavy (non-hydrogen) atoms. The normalized spacial score (nSPS) is 16.2. The molecule has 0 saturated heterocycles. The lowest BCUT2D eigenvalue weighted by Gasteiger charge is -2.21. The summed E-state index contributed by atoms with van der Waals surface area (Å²) in [5.74, 6) is -0.751. The molecule has 2 nitrogen and oxygen atoms in total. The Hall–Kier alpha value is -0.500. The van der Waals surface area contributed by atoms with Crippen molar-refractivity contribution in [3.63, 3.8) is 0 Å². The maximum absolute atomic E-state index is 10.8. The Bertz CT molecular complexity index is 177. The Balaban J connectivity index is 4.28. The van der Waals surface area contributed by atoms with Gasteiger partial charge in [0.1, 0.15) is 0 Å². The Morgan fingerprint density at radius 1 is 1.67 bits per heavy atom. The predicted molar refractivity (Wildman–Crippen MR) is 50.3 cm³/mol. The van der Waals surface area contributed by atoms with Crippen molar-refractivity contribution in [3.05, 3.63) is 11.6 Å². The van der Waals surface area contributed by atoms with Crippen molar-refractivity contribution in [2.24, 2.45) is 5.41 Å². The number of rotatable bonds is 5. The summed E-state index contributed by atoms with van der Waals surface area (Å²) < 4.78 is 0. The SMILES string of the molecule is CCCC(C)(C/C=C/Cl)C(=O)O. The zero-order valence-corrected chi connectivity index (χ0v) is 8.27. The van der Waals surface area contributed by atoms with Crippen molar-refractivity contribution in [2.75, 3.05) is 0 Å². The smallest absolute Gasteiger partial charge is 0.309 e. The van der Waals surface area contributed by atoms with E-state index in [1.54, 1.807) is 13.0 Å². The molecule has 0 rings (SSSR count). The fraction of sp³-hybridized carbons (Fsp3) is 0.667. The van der Waals surface area contributed by atoms with Gasteiger partial charge in [-0.25, -0.2) is 0 Å². The molecule has 0 aromatic carbocycles. The van der Waals surface area contributed by atoms with Crippen LogP contribution in [0.15, 0.2) is 11.6 Å². The van der Waals surface area contributed by atoms with Gasteiger partial charge in [-0.05, 0) is 19.8 Å². The summed E-state index contributed by atoms with van der Waals surface area (Å²) >= 11 is 5.34. The minimum Gasteiger partial charge on any atom is -0.481 e. The van der Waals surface area contributed by atoms with Crippen LogP contribution in [-0.2, 0) is 4.79 Å². The van der Waals surface area contributed by atoms with Crippen molar-refractivity contribution in [2.45, 2.75) is 33.1 Å². The van der Waals surface area contributed by atoms with Gasteiger partial charge in [-0.15, -0.1) is 0 Å². The van der Waals surface area contributed by atoms with Crippen LogP contribution in [-0.4, -0.2) is 11.1 Å². The highest BCUT2D eigenvalue weighted by Gasteiger charge is 2.30. The molecular weight excluding hydrogens is 176 g/mol. The molecule has 0 aliphatic rings. The van der Waals surface area contributed by atoms with E-state index in [2.05, 4.69) is 0 Å². The van der Waals surface area contributed by atoms with Crippen molar-refractivity contribution in [1.29, 1.82) is 0 Å². The van der Waals surface area contributed by atoms with Crippen LogP contribution in [0, 0.1) is 5.41 Å². The van der Waals surface area contributed by atoms with Gasteiger partial charge < -0.3 is 5.11 Å². The van der Waals surface area contributed by atoms with Crippen LogP contribution >= 0.6 is 11.6 Å². The second kappa shape index (κ2) is 5.20. The van der Waals surface area contributed by atoms with Crippen LogP contribution in [0.3, 0.4) is 0 Å². The maximum atomic E-state index is 10.8. The van der Waals surface area contributed by atoms with E-state index in [0.29, 0.717) is 12.8 Å². The summed E-state index contributed by atoms with van der Waals surface area (Å²) in [6.07, 6.45) is 3.74. The monoisotopic (exact) mass is 190 g/mol. The van der Waals surface area contributed by atoms with Gasteiger partial charge in [-0.3, -0.25) is 4.79 Å². The van der Waals surface area contributed by atoms with Crippen molar-refractivity contribution in [3.8, 4) is 0 Å². The first-order valence-electron chi connectivity index (χ1n) is 4.05. The van der Waals surface area contributed by atoms with Crippen LogP contribution < -0.4 is 0 Å². The van der Waals surface area contributed by atoms with E-state index in [9.17, 15) is 4.79 Å². The molecule has 0 fully saturated rings. The number of aliphatic carboxylic acids is 1. The van der Waals surface area contributed by atoms with Crippen LogP contribution in [0.5, 0.6) is 0 Å². The van der Waals surface area contributed by atoms with E-state index in [4.69, 9.17) is 16.7 Å². The van der Waals surface area contributed by atoms with Crippen LogP contribution in [0.4, 0.5) is 0 Å². The quantitative estimate of drug-likeness (QED) is 0.724. The first-order chi connectivity index (χ1) is 5.56. The zero-order valence-electron chi connectivity index (χ0n) is 7.51. The number of hydrogen-bond donors (Lipinski definition) is 1. The molecule has 0 bridgehead atoms. The maximum Gasteiger partial charge on any atom is 0.309 e. The molecule has 0 spiro atoms. The molecule has 0 aromatic rings. The summed E-state index contributed by atoms with van der Waals surface area (Å²) in [6, 6.07) is 0. The Labute approximate surface area is 78.2 Å². The molecule has 0 saturated carbocycles. The van der Waals surface area contributed by atoms with E-state index in [0.717, 1.165) is 6.42 Å². The third-order valence-corrected chi connectivity index (χ3v) is 2.15. The fourth-order valence-electron chi connectivity index (χ4n) is 1.15. The Kier molecular flexibility index (Phi) is 4.98. The molecule has 0 aliphatic carbocycles. The number of carbonyl (C=O) groups is 1.